The van der Waals surface area contributed by atoms with Crippen LogP contribution >= 0.6 is 0 Å². The molecule has 0 spiro atoms. The second-order valence-corrected chi connectivity index (χ2v) is 9.39. The molecule has 7 heteroatoms. The van der Waals surface area contributed by atoms with Gasteiger partial charge in [0.05, 0.1) is 11.7 Å². The maximum atomic E-state index is 13.0. The number of nitrogens with one attached hydrogen (secondary N) is 1. The Hall–Kier alpha value is -3.89. The number of phenols is 1. The number of benzene rings is 2. The van der Waals surface area contributed by atoms with Crippen molar-refractivity contribution in [3.63, 3.8) is 0 Å². The smallest absolute Gasteiger partial charge is 0.262 e. The number of amides is 1. The summed E-state index contributed by atoms with van der Waals surface area (Å²) in [5, 5.41) is 23.5. The number of nitriles is 1. The zero-order chi connectivity index (χ0) is 26.0. The maximum Gasteiger partial charge on any atom is 0.262 e. The first kappa shape index (κ1) is 26.2. The lowest BCUT2D eigenvalue weighted by molar-refractivity contribution is -0.117. The van der Waals surface area contributed by atoms with Gasteiger partial charge in [0.1, 0.15) is 35.3 Å². The Bertz CT molecular complexity index is 1270. The van der Waals surface area contributed by atoms with Gasteiger partial charge in [-0.25, -0.2) is 4.98 Å². The Labute approximate surface area is 218 Å². The molecule has 7 nitrogen and oxygen atoms in total. The molecule has 2 N–H and O–H groups in total. The Morgan fingerprint density at radius 3 is 2.68 bits per heavy atom. The number of hydrogen-bond donors (Lipinski definition) is 2. The number of carbonyl (C=O) groups is 1. The molecular weight excluding hydrogens is 464 g/mol. The number of carbonyl (C=O) groups excluding carboxylic acids is 1. The first-order valence-electron chi connectivity index (χ1n) is 13.0. The van der Waals surface area contributed by atoms with Crippen LogP contribution < -0.4 is 10.1 Å². The van der Waals surface area contributed by atoms with Crippen molar-refractivity contribution < 1.29 is 14.6 Å². The first-order valence-corrected chi connectivity index (χ1v) is 13.0. The number of likely N-dealkylation sites (tertiary alicyclic amines) is 1. The van der Waals surface area contributed by atoms with E-state index in [0.717, 1.165) is 49.2 Å². The van der Waals surface area contributed by atoms with E-state index in [1.165, 1.54) is 25.3 Å². The lowest BCUT2D eigenvalue weighted by Gasteiger charge is -2.26. The van der Waals surface area contributed by atoms with Gasteiger partial charge < -0.3 is 15.2 Å². The number of fused-ring (bicyclic) bond motifs is 1. The Kier molecular flexibility index (Phi) is 9.12. The lowest BCUT2D eigenvalue weighted by Crippen LogP contribution is -2.33. The minimum absolute atomic E-state index is 0.0407. The van der Waals surface area contributed by atoms with Gasteiger partial charge in [-0.05, 0) is 68.3 Å². The first-order chi connectivity index (χ1) is 18.1. The van der Waals surface area contributed by atoms with Crippen LogP contribution in [-0.4, -0.2) is 47.1 Å². The minimum Gasteiger partial charge on any atom is -0.506 e. The summed E-state index contributed by atoms with van der Waals surface area (Å²) in [6.45, 7) is 5.96. The summed E-state index contributed by atoms with van der Waals surface area (Å²) in [6.07, 6.45) is 6.92. The molecule has 1 aliphatic rings. The highest BCUT2D eigenvalue weighted by Crippen LogP contribution is 2.24. The van der Waals surface area contributed by atoms with E-state index < -0.39 is 5.91 Å². The van der Waals surface area contributed by atoms with Gasteiger partial charge in [0.2, 0.25) is 0 Å². The highest BCUT2D eigenvalue weighted by Gasteiger charge is 2.18. The number of nitrogens with zero attached hydrogens (tertiary/aromatic N) is 3. The Morgan fingerprint density at radius 1 is 1.16 bits per heavy atom. The standard InChI is InChI=1S/C30H34N4O3/c1-2-7-27(22-11-14-26(15-12-22)37-19-18-34-16-4-3-5-17-34)33-30(36)24(21-31)20-25-13-10-23-8-6-9-28(35)29(23)32-25/h6,8-15,20,27,35H,2-5,7,16-19H2,1H3,(H,33,36). The fraction of sp³-hybridized carbons (Fsp3) is 0.367. The van der Waals surface area contributed by atoms with Crippen LogP contribution in [0, 0.1) is 11.3 Å². The van der Waals surface area contributed by atoms with E-state index in [1.807, 2.05) is 36.4 Å². The highest BCUT2D eigenvalue weighted by atomic mass is 16.5. The SMILES string of the molecule is CCCC(NC(=O)C(C#N)=Cc1ccc2cccc(O)c2n1)c1ccc(OCCN2CCCCC2)cc1. The quantitative estimate of drug-likeness (QED) is 0.288. The predicted molar refractivity (Wildman–Crippen MR) is 145 cm³/mol. The Morgan fingerprint density at radius 2 is 1.95 bits per heavy atom. The van der Waals surface area contributed by atoms with Crippen molar-refractivity contribution in [3.8, 4) is 17.6 Å². The van der Waals surface area contributed by atoms with Crippen LogP contribution in [-0.2, 0) is 4.79 Å². The topological polar surface area (TPSA) is 98.5 Å². The number of hydrogen-bond acceptors (Lipinski definition) is 6. The van der Waals surface area contributed by atoms with Crippen molar-refractivity contribution in [1.29, 1.82) is 5.26 Å². The molecule has 1 saturated heterocycles. The molecule has 1 atom stereocenters. The van der Waals surface area contributed by atoms with Crippen LogP contribution in [0.1, 0.15) is 56.3 Å². The normalized spacial score (nSPS) is 15.2. The molecular formula is C30H34N4O3. The second-order valence-electron chi connectivity index (χ2n) is 9.39. The molecule has 3 aromatic rings. The third-order valence-corrected chi connectivity index (χ3v) is 6.67. The lowest BCUT2D eigenvalue weighted by atomic mass is 10.0. The van der Waals surface area contributed by atoms with Crippen LogP contribution in [0.4, 0.5) is 0 Å². The zero-order valence-electron chi connectivity index (χ0n) is 21.3. The van der Waals surface area contributed by atoms with Crippen molar-refractivity contribution >= 4 is 22.9 Å². The third-order valence-electron chi connectivity index (χ3n) is 6.67. The number of aromatic hydroxyl groups is 1. The van der Waals surface area contributed by atoms with Crippen molar-refractivity contribution in [2.75, 3.05) is 26.2 Å². The van der Waals surface area contributed by atoms with Gasteiger partial charge in [0.25, 0.3) is 5.91 Å². The van der Waals surface area contributed by atoms with E-state index >= 15 is 0 Å². The van der Waals surface area contributed by atoms with Gasteiger partial charge in [0, 0.05) is 11.9 Å². The largest absolute Gasteiger partial charge is 0.506 e. The number of rotatable bonds is 10. The number of pyridine rings is 1. The molecule has 0 aliphatic carbocycles. The molecule has 4 rings (SSSR count). The fourth-order valence-electron chi connectivity index (χ4n) is 4.64. The number of ether oxygens (including phenoxy) is 1. The number of aromatic nitrogens is 1. The van der Waals surface area contributed by atoms with Crippen LogP contribution in [0.2, 0.25) is 0 Å². The maximum absolute atomic E-state index is 13.0. The molecule has 1 fully saturated rings. The molecule has 2 heterocycles. The monoisotopic (exact) mass is 498 g/mol. The van der Waals surface area contributed by atoms with Crippen LogP contribution in [0.15, 0.2) is 60.2 Å². The fourth-order valence-corrected chi connectivity index (χ4v) is 4.64. The van der Waals surface area contributed by atoms with Crippen molar-refractivity contribution in [1.82, 2.24) is 15.2 Å². The molecule has 192 valence electrons. The molecule has 37 heavy (non-hydrogen) atoms. The summed E-state index contributed by atoms with van der Waals surface area (Å²) in [5.41, 5.74) is 1.78. The minimum atomic E-state index is -0.456. The van der Waals surface area contributed by atoms with Gasteiger partial charge in [-0.2, -0.15) is 5.26 Å². The van der Waals surface area contributed by atoms with E-state index in [2.05, 4.69) is 22.1 Å². The molecule has 1 unspecified atom stereocenters. The number of para-hydroxylation sites is 1. The van der Waals surface area contributed by atoms with Crippen LogP contribution in [0.5, 0.6) is 11.5 Å². The van der Waals surface area contributed by atoms with Gasteiger partial charge in [-0.1, -0.05) is 50.1 Å². The molecule has 2 aromatic carbocycles. The average molecular weight is 499 g/mol. The van der Waals surface area contributed by atoms with E-state index in [9.17, 15) is 15.2 Å². The van der Waals surface area contributed by atoms with Gasteiger partial charge in [-0.3, -0.25) is 9.69 Å². The molecule has 0 saturated carbocycles. The van der Waals surface area contributed by atoms with Crippen molar-refractivity contribution in [3.05, 3.63) is 71.4 Å². The summed E-state index contributed by atoms with van der Waals surface area (Å²) in [4.78, 5) is 19.9. The van der Waals surface area contributed by atoms with Crippen LogP contribution in [0.3, 0.4) is 0 Å². The molecule has 0 radical (unpaired) electrons. The summed E-state index contributed by atoms with van der Waals surface area (Å²) in [7, 11) is 0. The second kappa shape index (κ2) is 12.9. The number of phenolic OH excluding ortho intramolecular Hbond substituents is 1. The van der Waals surface area contributed by atoms with E-state index in [4.69, 9.17) is 4.74 Å². The van der Waals surface area contributed by atoms with Crippen molar-refractivity contribution in [2.45, 2.75) is 45.1 Å². The summed E-state index contributed by atoms with van der Waals surface area (Å²) >= 11 is 0. The molecule has 1 aromatic heterocycles. The number of piperidine rings is 1. The van der Waals surface area contributed by atoms with Gasteiger partial charge in [-0.15, -0.1) is 0 Å². The zero-order valence-corrected chi connectivity index (χ0v) is 21.3. The summed E-state index contributed by atoms with van der Waals surface area (Å²) < 4.78 is 5.94. The molecule has 1 aliphatic heterocycles. The van der Waals surface area contributed by atoms with E-state index in [0.29, 0.717) is 17.8 Å². The summed E-state index contributed by atoms with van der Waals surface area (Å²) in [5.74, 6) is 0.408. The van der Waals surface area contributed by atoms with E-state index in [-0.39, 0.29) is 17.4 Å². The Balaban J connectivity index is 1.40. The van der Waals surface area contributed by atoms with E-state index in [1.54, 1.807) is 24.3 Å². The average Bonchev–Trinajstić information content (AvgIpc) is 2.93. The predicted octanol–water partition coefficient (Wildman–Crippen LogP) is 5.37. The third kappa shape index (κ3) is 7.08. The molecule has 1 amide bonds. The summed E-state index contributed by atoms with van der Waals surface area (Å²) in [6, 6.07) is 18.2. The van der Waals surface area contributed by atoms with Gasteiger partial charge >= 0.3 is 0 Å². The molecule has 0 bridgehead atoms. The van der Waals surface area contributed by atoms with Crippen molar-refractivity contribution in [2.24, 2.45) is 0 Å². The van der Waals surface area contributed by atoms with Crippen LogP contribution in [0.25, 0.3) is 17.0 Å². The van der Waals surface area contributed by atoms with Gasteiger partial charge in [0.15, 0.2) is 0 Å². The highest BCUT2D eigenvalue weighted by molar-refractivity contribution is 6.02.